The first kappa shape index (κ1) is 17.0. The van der Waals surface area contributed by atoms with Crippen molar-refractivity contribution in [3.8, 4) is 5.75 Å². The fourth-order valence-corrected chi connectivity index (χ4v) is 3.11. The molecule has 0 aliphatic rings. The molecular weight excluding hydrogens is 299 g/mol. The Labute approximate surface area is 132 Å². The van der Waals surface area contributed by atoms with E-state index in [9.17, 15) is 0 Å². The molecule has 1 aromatic carbocycles. The van der Waals surface area contributed by atoms with E-state index in [1.807, 2.05) is 12.1 Å². The Kier molecular flexibility index (Phi) is 7.41. The smallest absolute Gasteiger partial charge is 0.139 e. The Morgan fingerprint density at radius 1 is 1.16 bits per heavy atom. The molecule has 0 radical (unpaired) electrons. The van der Waals surface area contributed by atoms with Crippen LogP contribution < -0.4 is 4.74 Å². The van der Waals surface area contributed by atoms with Crippen LogP contribution in [0.4, 0.5) is 0 Å². The topological polar surface area (TPSA) is 9.23 Å². The maximum atomic E-state index is 6.14. The SMILES string of the molecule is CCCC(CS)(CCC)COc1cccc(Cl)c1Cl. The predicted molar refractivity (Wildman–Crippen MR) is 88.1 cm³/mol. The van der Waals surface area contributed by atoms with Crippen LogP contribution in [0.5, 0.6) is 5.75 Å². The van der Waals surface area contributed by atoms with Crippen molar-refractivity contribution in [3.05, 3.63) is 28.2 Å². The molecule has 0 aromatic heterocycles. The molecule has 0 aliphatic heterocycles. The molecule has 0 N–H and O–H groups in total. The third-order valence-electron chi connectivity index (χ3n) is 3.35. The standard InChI is InChI=1S/C15H22Cl2OS/c1-3-8-15(11-19,9-4-2)10-18-13-7-5-6-12(16)14(13)17/h5-7,19H,3-4,8-11H2,1-2H3. The number of rotatable bonds is 8. The lowest BCUT2D eigenvalue weighted by atomic mass is 9.82. The highest BCUT2D eigenvalue weighted by Crippen LogP contribution is 2.36. The highest BCUT2D eigenvalue weighted by molar-refractivity contribution is 7.80. The Morgan fingerprint density at radius 2 is 1.79 bits per heavy atom. The van der Waals surface area contributed by atoms with Crippen LogP contribution in [0.25, 0.3) is 0 Å². The second kappa shape index (κ2) is 8.28. The van der Waals surface area contributed by atoms with E-state index in [0.29, 0.717) is 22.4 Å². The Hall–Kier alpha value is -0.0500. The van der Waals surface area contributed by atoms with Crippen LogP contribution in [0.1, 0.15) is 39.5 Å². The summed E-state index contributed by atoms with van der Waals surface area (Å²) in [4.78, 5) is 0. The minimum Gasteiger partial charge on any atom is -0.491 e. The van der Waals surface area contributed by atoms with Gasteiger partial charge in [0, 0.05) is 5.41 Å². The van der Waals surface area contributed by atoms with Crippen LogP contribution in [0.2, 0.25) is 10.0 Å². The third-order valence-corrected chi connectivity index (χ3v) is 4.82. The average molecular weight is 321 g/mol. The molecule has 1 rings (SSSR count). The number of hydrogen-bond donors (Lipinski definition) is 1. The van der Waals surface area contributed by atoms with Crippen molar-refractivity contribution in [2.45, 2.75) is 39.5 Å². The normalized spacial score (nSPS) is 11.6. The lowest BCUT2D eigenvalue weighted by molar-refractivity contribution is 0.144. The van der Waals surface area contributed by atoms with Gasteiger partial charge in [0.2, 0.25) is 0 Å². The number of thiol groups is 1. The molecule has 108 valence electrons. The summed E-state index contributed by atoms with van der Waals surface area (Å²) < 4.78 is 5.91. The van der Waals surface area contributed by atoms with E-state index in [4.69, 9.17) is 27.9 Å². The summed E-state index contributed by atoms with van der Waals surface area (Å²) in [7, 11) is 0. The van der Waals surface area contributed by atoms with Gasteiger partial charge in [0.1, 0.15) is 10.8 Å². The van der Waals surface area contributed by atoms with E-state index >= 15 is 0 Å². The number of ether oxygens (including phenoxy) is 1. The molecule has 0 aliphatic carbocycles. The van der Waals surface area contributed by atoms with Gasteiger partial charge >= 0.3 is 0 Å². The van der Waals surface area contributed by atoms with Crippen molar-refractivity contribution in [3.63, 3.8) is 0 Å². The van der Waals surface area contributed by atoms with Crippen molar-refractivity contribution in [2.24, 2.45) is 5.41 Å². The summed E-state index contributed by atoms with van der Waals surface area (Å²) in [6.07, 6.45) is 4.49. The predicted octanol–water partition coefficient (Wildman–Crippen LogP) is 5.89. The fourth-order valence-electron chi connectivity index (χ4n) is 2.36. The molecule has 0 bridgehead atoms. The van der Waals surface area contributed by atoms with Gasteiger partial charge in [0.15, 0.2) is 0 Å². The summed E-state index contributed by atoms with van der Waals surface area (Å²) in [5.74, 6) is 1.49. The zero-order valence-electron chi connectivity index (χ0n) is 11.6. The lowest BCUT2D eigenvalue weighted by Gasteiger charge is -2.32. The quantitative estimate of drug-likeness (QED) is 0.587. The van der Waals surface area contributed by atoms with Crippen LogP contribution in [0.15, 0.2) is 18.2 Å². The molecule has 1 aromatic rings. The number of halogens is 2. The average Bonchev–Trinajstić information content (AvgIpc) is 2.40. The molecule has 4 heteroatoms. The van der Waals surface area contributed by atoms with Gasteiger partial charge in [-0.25, -0.2) is 0 Å². The minimum atomic E-state index is 0.123. The minimum absolute atomic E-state index is 0.123. The maximum absolute atomic E-state index is 6.14. The van der Waals surface area contributed by atoms with E-state index in [1.54, 1.807) is 6.07 Å². The second-order valence-electron chi connectivity index (χ2n) is 5.00. The summed E-state index contributed by atoms with van der Waals surface area (Å²) in [5.41, 5.74) is 0.123. The van der Waals surface area contributed by atoms with Crippen LogP contribution in [-0.2, 0) is 0 Å². The summed E-state index contributed by atoms with van der Waals surface area (Å²) in [6.45, 7) is 5.03. The molecule has 0 heterocycles. The summed E-state index contributed by atoms with van der Waals surface area (Å²) in [6, 6.07) is 5.47. The maximum Gasteiger partial charge on any atom is 0.139 e. The second-order valence-corrected chi connectivity index (χ2v) is 6.10. The molecular formula is C15H22Cl2OS. The Morgan fingerprint density at radius 3 is 2.32 bits per heavy atom. The molecule has 0 saturated heterocycles. The summed E-state index contributed by atoms with van der Waals surface area (Å²) in [5, 5.41) is 1.02. The van der Waals surface area contributed by atoms with Crippen molar-refractivity contribution >= 4 is 35.8 Å². The third kappa shape index (κ3) is 4.77. The molecule has 0 unspecified atom stereocenters. The fraction of sp³-hybridized carbons (Fsp3) is 0.600. The monoisotopic (exact) mass is 320 g/mol. The van der Waals surface area contributed by atoms with Gasteiger partial charge in [-0.05, 0) is 30.7 Å². The van der Waals surface area contributed by atoms with E-state index < -0.39 is 0 Å². The zero-order chi connectivity index (χ0) is 14.3. The van der Waals surface area contributed by atoms with Gasteiger partial charge in [-0.1, -0.05) is 56.0 Å². The van der Waals surface area contributed by atoms with Crippen LogP contribution in [0, 0.1) is 5.41 Å². The van der Waals surface area contributed by atoms with Crippen molar-refractivity contribution in [1.29, 1.82) is 0 Å². The number of hydrogen-bond acceptors (Lipinski definition) is 2. The van der Waals surface area contributed by atoms with Crippen LogP contribution >= 0.6 is 35.8 Å². The molecule has 19 heavy (non-hydrogen) atoms. The van der Waals surface area contributed by atoms with E-state index in [1.165, 1.54) is 0 Å². The first-order valence-electron chi connectivity index (χ1n) is 6.76. The molecule has 0 amide bonds. The Balaban J connectivity index is 2.77. The van der Waals surface area contributed by atoms with Gasteiger partial charge in [-0.2, -0.15) is 12.6 Å². The molecule has 0 saturated carbocycles. The van der Waals surface area contributed by atoms with Gasteiger partial charge in [-0.3, -0.25) is 0 Å². The van der Waals surface area contributed by atoms with E-state index in [2.05, 4.69) is 26.5 Å². The number of benzene rings is 1. The first-order valence-corrected chi connectivity index (χ1v) is 8.15. The van der Waals surface area contributed by atoms with E-state index in [0.717, 1.165) is 31.4 Å². The highest BCUT2D eigenvalue weighted by atomic mass is 35.5. The van der Waals surface area contributed by atoms with E-state index in [-0.39, 0.29) is 5.41 Å². The van der Waals surface area contributed by atoms with Gasteiger partial charge in [0.25, 0.3) is 0 Å². The zero-order valence-corrected chi connectivity index (χ0v) is 14.0. The van der Waals surface area contributed by atoms with Gasteiger partial charge < -0.3 is 4.74 Å². The van der Waals surface area contributed by atoms with Crippen molar-refractivity contribution in [1.82, 2.24) is 0 Å². The van der Waals surface area contributed by atoms with Crippen molar-refractivity contribution < 1.29 is 4.74 Å². The molecule has 0 spiro atoms. The largest absolute Gasteiger partial charge is 0.491 e. The van der Waals surface area contributed by atoms with Gasteiger partial charge in [0.05, 0.1) is 11.6 Å². The van der Waals surface area contributed by atoms with Gasteiger partial charge in [-0.15, -0.1) is 0 Å². The summed E-state index contributed by atoms with van der Waals surface area (Å²) >= 11 is 16.7. The molecule has 1 nitrogen and oxygen atoms in total. The molecule has 0 atom stereocenters. The Bertz CT molecular complexity index is 390. The van der Waals surface area contributed by atoms with Crippen molar-refractivity contribution in [2.75, 3.05) is 12.4 Å². The van der Waals surface area contributed by atoms with Crippen LogP contribution in [0.3, 0.4) is 0 Å². The highest BCUT2D eigenvalue weighted by Gasteiger charge is 2.28. The first-order chi connectivity index (χ1) is 9.08. The molecule has 0 fully saturated rings. The van der Waals surface area contributed by atoms with Crippen LogP contribution in [-0.4, -0.2) is 12.4 Å². The lowest BCUT2D eigenvalue weighted by Crippen LogP contribution is -2.30.